The smallest absolute Gasteiger partial charge is 0.242 e. The Balaban J connectivity index is 2.33. The first-order valence-corrected chi connectivity index (χ1v) is 9.24. The van der Waals surface area contributed by atoms with Crippen LogP contribution in [0.25, 0.3) is 0 Å². The first kappa shape index (κ1) is 16.5. The topological polar surface area (TPSA) is 78.3 Å². The summed E-state index contributed by atoms with van der Waals surface area (Å²) in [5.74, 6) is 0.602. The minimum Gasteiger partial charge on any atom is -0.587 e. The standard InChI is InChI=1S/C12H14BrN3O3S2/c1-9-14-12(13)8-16(9)20(17)10-4-6-11(7-5-10)21(18,19)15(2)3/h4-8H,1-3H3. The van der Waals surface area contributed by atoms with E-state index >= 15 is 0 Å². The normalized spacial score (nSPS) is 13.6. The van der Waals surface area contributed by atoms with Crippen LogP contribution >= 0.6 is 15.9 Å². The Kier molecular flexibility index (Phi) is 4.79. The van der Waals surface area contributed by atoms with Gasteiger partial charge >= 0.3 is 0 Å². The summed E-state index contributed by atoms with van der Waals surface area (Å²) >= 11 is 1.76. The van der Waals surface area contributed by atoms with Crippen LogP contribution in [0.4, 0.5) is 0 Å². The Bertz CT molecular complexity index is 742. The number of nitrogens with zero attached hydrogens (tertiary/aromatic N) is 3. The lowest BCUT2D eigenvalue weighted by Gasteiger charge is -2.13. The summed E-state index contributed by atoms with van der Waals surface area (Å²) < 4.78 is 39.6. The van der Waals surface area contributed by atoms with Gasteiger partial charge in [-0.2, -0.15) is 0 Å². The van der Waals surface area contributed by atoms with E-state index in [1.54, 1.807) is 25.3 Å². The lowest BCUT2D eigenvalue weighted by Crippen LogP contribution is -2.22. The molecule has 2 aromatic rings. The molecular formula is C12H14BrN3O3S2. The van der Waals surface area contributed by atoms with Gasteiger partial charge in [0.05, 0.1) is 11.1 Å². The molecule has 1 aromatic carbocycles. The SMILES string of the molecule is Cc1nc(Br)cn1[S+]([O-])c1ccc(S(=O)(=O)N(C)C)cc1. The van der Waals surface area contributed by atoms with Gasteiger partial charge in [0, 0.05) is 14.1 Å². The zero-order valence-electron chi connectivity index (χ0n) is 11.6. The zero-order chi connectivity index (χ0) is 15.8. The molecule has 0 amide bonds. The molecule has 2 rings (SSSR count). The predicted molar refractivity (Wildman–Crippen MR) is 83.8 cm³/mol. The molecule has 1 heterocycles. The van der Waals surface area contributed by atoms with Crippen molar-refractivity contribution in [2.45, 2.75) is 16.7 Å². The molecule has 114 valence electrons. The van der Waals surface area contributed by atoms with Crippen LogP contribution in [0.3, 0.4) is 0 Å². The summed E-state index contributed by atoms with van der Waals surface area (Å²) in [6, 6.07) is 5.98. The summed E-state index contributed by atoms with van der Waals surface area (Å²) in [5, 5.41) is 0. The quantitative estimate of drug-likeness (QED) is 0.743. The average molecular weight is 392 g/mol. The van der Waals surface area contributed by atoms with E-state index in [4.69, 9.17) is 0 Å². The number of benzene rings is 1. The van der Waals surface area contributed by atoms with E-state index in [2.05, 4.69) is 20.9 Å². The minimum atomic E-state index is -3.48. The summed E-state index contributed by atoms with van der Waals surface area (Å²) in [7, 11) is -0.548. The Morgan fingerprint density at radius 1 is 1.29 bits per heavy atom. The van der Waals surface area contributed by atoms with Crippen molar-refractivity contribution in [2.24, 2.45) is 0 Å². The first-order chi connectivity index (χ1) is 9.73. The molecule has 0 bridgehead atoms. The van der Waals surface area contributed by atoms with E-state index in [-0.39, 0.29) is 4.90 Å². The molecule has 0 aliphatic heterocycles. The molecule has 0 aliphatic rings. The molecular weight excluding hydrogens is 378 g/mol. The molecule has 1 atom stereocenters. The first-order valence-electron chi connectivity index (χ1n) is 5.90. The van der Waals surface area contributed by atoms with Gasteiger partial charge in [-0.05, 0) is 47.1 Å². The molecule has 0 aliphatic carbocycles. The molecule has 0 saturated carbocycles. The average Bonchev–Trinajstić information content (AvgIpc) is 2.77. The molecule has 0 spiro atoms. The summed E-state index contributed by atoms with van der Waals surface area (Å²) in [6.45, 7) is 1.74. The molecule has 6 nitrogen and oxygen atoms in total. The van der Waals surface area contributed by atoms with Crippen LogP contribution in [0.15, 0.2) is 44.9 Å². The van der Waals surface area contributed by atoms with Crippen molar-refractivity contribution >= 4 is 37.3 Å². The molecule has 21 heavy (non-hydrogen) atoms. The van der Waals surface area contributed by atoms with Crippen molar-refractivity contribution in [3.8, 4) is 0 Å². The maximum Gasteiger partial charge on any atom is 0.242 e. The van der Waals surface area contributed by atoms with Gasteiger partial charge < -0.3 is 4.55 Å². The van der Waals surface area contributed by atoms with Crippen molar-refractivity contribution in [3.63, 3.8) is 0 Å². The van der Waals surface area contributed by atoms with Crippen molar-refractivity contribution < 1.29 is 13.0 Å². The number of halogens is 1. The Hall–Kier alpha value is -0.870. The van der Waals surface area contributed by atoms with Gasteiger partial charge in [0.2, 0.25) is 10.0 Å². The highest BCUT2D eigenvalue weighted by Gasteiger charge is 2.21. The lowest BCUT2D eigenvalue weighted by molar-refractivity contribution is 0.520. The predicted octanol–water partition coefficient (Wildman–Crippen LogP) is 1.78. The van der Waals surface area contributed by atoms with Gasteiger partial charge in [0.15, 0.2) is 10.7 Å². The van der Waals surface area contributed by atoms with E-state index in [0.29, 0.717) is 15.3 Å². The Morgan fingerprint density at radius 2 is 1.86 bits per heavy atom. The van der Waals surface area contributed by atoms with Crippen LogP contribution in [0.1, 0.15) is 5.82 Å². The van der Waals surface area contributed by atoms with Crippen LogP contribution in [0.5, 0.6) is 0 Å². The Morgan fingerprint density at radius 3 is 2.29 bits per heavy atom. The molecule has 0 N–H and O–H groups in total. The number of aryl methyl sites for hydroxylation is 1. The fourth-order valence-electron chi connectivity index (χ4n) is 1.64. The maximum atomic E-state index is 12.4. The monoisotopic (exact) mass is 391 g/mol. The van der Waals surface area contributed by atoms with Crippen molar-refractivity contribution in [3.05, 3.63) is 40.9 Å². The van der Waals surface area contributed by atoms with Crippen LogP contribution < -0.4 is 0 Å². The zero-order valence-corrected chi connectivity index (χ0v) is 14.9. The fourth-order valence-corrected chi connectivity index (χ4v) is 4.21. The van der Waals surface area contributed by atoms with Crippen LogP contribution in [0, 0.1) is 6.92 Å². The van der Waals surface area contributed by atoms with Crippen molar-refractivity contribution in [1.29, 1.82) is 0 Å². The highest BCUT2D eigenvalue weighted by Crippen LogP contribution is 2.21. The van der Waals surface area contributed by atoms with Gasteiger partial charge in [-0.25, -0.2) is 17.7 Å². The van der Waals surface area contributed by atoms with E-state index < -0.39 is 21.4 Å². The molecule has 0 radical (unpaired) electrons. The summed E-state index contributed by atoms with van der Waals surface area (Å²) in [5.41, 5.74) is 0. The van der Waals surface area contributed by atoms with Gasteiger partial charge in [0.1, 0.15) is 16.0 Å². The van der Waals surface area contributed by atoms with Crippen molar-refractivity contribution in [2.75, 3.05) is 14.1 Å². The molecule has 1 aromatic heterocycles. The number of rotatable bonds is 4. The van der Waals surface area contributed by atoms with E-state index in [1.807, 2.05) is 0 Å². The summed E-state index contributed by atoms with van der Waals surface area (Å²) in [4.78, 5) is 4.79. The van der Waals surface area contributed by atoms with Gasteiger partial charge in [0.25, 0.3) is 0 Å². The largest absolute Gasteiger partial charge is 0.587 e. The molecule has 0 saturated heterocycles. The van der Waals surface area contributed by atoms with Gasteiger partial charge in [-0.3, -0.25) is 0 Å². The highest BCUT2D eigenvalue weighted by molar-refractivity contribution is 9.10. The van der Waals surface area contributed by atoms with E-state index in [0.717, 1.165) is 4.31 Å². The van der Waals surface area contributed by atoms with E-state index in [1.165, 1.54) is 30.2 Å². The van der Waals surface area contributed by atoms with Crippen LogP contribution in [-0.4, -0.2) is 40.3 Å². The molecule has 1 unspecified atom stereocenters. The minimum absolute atomic E-state index is 0.164. The third kappa shape index (κ3) is 3.32. The maximum absolute atomic E-state index is 12.4. The number of hydrogen-bond acceptors (Lipinski definition) is 4. The van der Waals surface area contributed by atoms with Gasteiger partial charge in [-0.1, -0.05) is 0 Å². The van der Waals surface area contributed by atoms with Crippen molar-refractivity contribution in [1.82, 2.24) is 13.3 Å². The third-order valence-corrected chi connectivity index (χ3v) is 6.41. The van der Waals surface area contributed by atoms with Crippen LogP contribution in [-0.2, 0) is 21.4 Å². The van der Waals surface area contributed by atoms with E-state index in [9.17, 15) is 13.0 Å². The second-order valence-electron chi connectivity index (χ2n) is 4.44. The number of imidazole rings is 1. The number of hydrogen-bond donors (Lipinski definition) is 0. The molecule has 9 heteroatoms. The second kappa shape index (κ2) is 6.09. The highest BCUT2D eigenvalue weighted by atomic mass is 79.9. The van der Waals surface area contributed by atoms with Crippen LogP contribution in [0.2, 0.25) is 0 Å². The number of sulfonamides is 1. The Labute approximate surface area is 135 Å². The fraction of sp³-hybridized carbons (Fsp3) is 0.250. The third-order valence-electron chi connectivity index (χ3n) is 2.79. The second-order valence-corrected chi connectivity index (χ2v) is 8.77. The number of aromatic nitrogens is 2. The lowest BCUT2D eigenvalue weighted by atomic mass is 10.4. The molecule has 0 fully saturated rings. The summed E-state index contributed by atoms with van der Waals surface area (Å²) in [6.07, 6.45) is 1.62. The van der Waals surface area contributed by atoms with Gasteiger partial charge in [-0.15, -0.1) is 3.97 Å².